The molecule has 0 radical (unpaired) electrons. The number of nitrogens with zero attached hydrogens (tertiary/aromatic N) is 1. The van der Waals surface area contributed by atoms with E-state index < -0.39 is 0 Å². The number of carbonyl (C=O) groups excluding carboxylic acids is 1. The Morgan fingerprint density at radius 2 is 2.24 bits per heavy atom. The molecule has 0 bridgehead atoms. The summed E-state index contributed by atoms with van der Waals surface area (Å²) in [5.74, 6) is -0.0658. The van der Waals surface area contributed by atoms with Crippen molar-refractivity contribution in [3.63, 3.8) is 0 Å². The van der Waals surface area contributed by atoms with E-state index in [1.54, 1.807) is 11.0 Å². The maximum absolute atomic E-state index is 12.2. The van der Waals surface area contributed by atoms with Gasteiger partial charge in [-0.15, -0.1) is 0 Å². The molecule has 5 heteroatoms. The molecule has 2 rings (SSSR count). The van der Waals surface area contributed by atoms with Crippen molar-refractivity contribution < 1.29 is 9.53 Å². The molecule has 0 aromatic carbocycles. The molecule has 1 amide bonds. The van der Waals surface area contributed by atoms with Crippen LogP contribution in [0, 0.1) is 0 Å². The number of amides is 1. The molecular formula is C12H16N2O3. The molecule has 0 spiro atoms. The number of ether oxygens (including phenoxy) is 1. The lowest BCUT2D eigenvalue weighted by Crippen LogP contribution is -2.50. The number of pyridine rings is 1. The monoisotopic (exact) mass is 236 g/mol. The minimum absolute atomic E-state index is 0.0536. The number of H-pyrrole nitrogens is 1. The smallest absolute Gasteiger partial charge is 0.255 e. The molecule has 2 heterocycles. The maximum atomic E-state index is 12.2. The highest BCUT2D eigenvalue weighted by Crippen LogP contribution is 2.14. The van der Waals surface area contributed by atoms with Crippen LogP contribution in [0.15, 0.2) is 23.1 Å². The average Bonchev–Trinajstić information content (AvgIpc) is 2.32. The summed E-state index contributed by atoms with van der Waals surface area (Å²) in [6.07, 6.45) is 1.51. The topological polar surface area (TPSA) is 62.4 Å². The quantitative estimate of drug-likeness (QED) is 0.777. The first-order valence-corrected chi connectivity index (χ1v) is 5.69. The highest BCUT2D eigenvalue weighted by molar-refractivity contribution is 5.94. The lowest BCUT2D eigenvalue weighted by molar-refractivity contribution is -0.0387. The number of rotatable bonds is 1. The van der Waals surface area contributed by atoms with E-state index in [9.17, 15) is 9.59 Å². The normalized spacial score (nSPS) is 24.7. The van der Waals surface area contributed by atoms with Gasteiger partial charge < -0.3 is 14.6 Å². The van der Waals surface area contributed by atoms with Gasteiger partial charge in [-0.3, -0.25) is 9.59 Å². The van der Waals surface area contributed by atoms with E-state index in [0.717, 1.165) is 0 Å². The molecule has 2 unspecified atom stereocenters. The van der Waals surface area contributed by atoms with E-state index in [1.807, 2.05) is 13.8 Å². The molecule has 1 aliphatic rings. The fourth-order valence-corrected chi connectivity index (χ4v) is 1.90. The van der Waals surface area contributed by atoms with Gasteiger partial charge in [-0.05, 0) is 19.9 Å². The third kappa shape index (κ3) is 2.55. The van der Waals surface area contributed by atoms with Crippen molar-refractivity contribution in [3.8, 4) is 0 Å². The van der Waals surface area contributed by atoms with Crippen LogP contribution in [0.2, 0.25) is 0 Å². The number of aromatic amines is 1. The van der Waals surface area contributed by atoms with E-state index in [4.69, 9.17) is 4.74 Å². The van der Waals surface area contributed by atoms with Crippen LogP contribution in [0.4, 0.5) is 0 Å². The Balaban J connectivity index is 2.18. The van der Waals surface area contributed by atoms with Gasteiger partial charge in [-0.1, -0.05) is 0 Å². The standard InChI is InChI=1S/C12H16N2O3/c1-8-7-17-9(2)6-14(8)12(16)10-3-4-11(15)13-5-10/h3-5,8-9H,6-7H2,1-2H3,(H,13,15). The molecule has 5 nitrogen and oxygen atoms in total. The Morgan fingerprint density at radius 1 is 1.47 bits per heavy atom. The second-order valence-corrected chi connectivity index (χ2v) is 4.39. The van der Waals surface area contributed by atoms with E-state index >= 15 is 0 Å². The zero-order valence-corrected chi connectivity index (χ0v) is 9.97. The van der Waals surface area contributed by atoms with Gasteiger partial charge in [0.25, 0.3) is 5.91 Å². The summed E-state index contributed by atoms with van der Waals surface area (Å²) in [4.78, 5) is 27.4. The second-order valence-electron chi connectivity index (χ2n) is 4.39. The number of hydrogen-bond acceptors (Lipinski definition) is 3. The molecule has 1 aromatic heterocycles. The van der Waals surface area contributed by atoms with Crippen LogP contribution in [0.3, 0.4) is 0 Å². The van der Waals surface area contributed by atoms with Crippen LogP contribution >= 0.6 is 0 Å². The lowest BCUT2D eigenvalue weighted by atomic mass is 10.1. The summed E-state index contributed by atoms with van der Waals surface area (Å²) in [7, 11) is 0. The van der Waals surface area contributed by atoms with Gasteiger partial charge in [0.2, 0.25) is 5.56 Å². The van der Waals surface area contributed by atoms with Crippen molar-refractivity contribution in [1.82, 2.24) is 9.88 Å². The molecule has 1 aliphatic heterocycles. The largest absolute Gasteiger partial charge is 0.375 e. The van der Waals surface area contributed by atoms with Crippen LogP contribution in [-0.2, 0) is 4.74 Å². The predicted octanol–water partition coefficient (Wildman–Crippen LogP) is 0.624. The van der Waals surface area contributed by atoms with E-state index in [0.29, 0.717) is 18.7 Å². The molecular weight excluding hydrogens is 220 g/mol. The third-order valence-electron chi connectivity index (χ3n) is 2.90. The van der Waals surface area contributed by atoms with Gasteiger partial charge in [0.05, 0.1) is 24.3 Å². The van der Waals surface area contributed by atoms with Crippen LogP contribution < -0.4 is 5.56 Å². The molecule has 17 heavy (non-hydrogen) atoms. The van der Waals surface area contributed by atoms with E-state index in [2.05, 4.69) is 4.98 Å². The number of hydrogen-bond donors (Lipinski definition) is 1. The number of morpholine rings is 1. The molecule has 1 N–H and O–H groups in total. The van der Waals surface area contributed by atoms with Crippen LogP contribution in [0.1, 0.15) is 24.2 Å². The first-order chi connectivity index (χ1) is 8.08. The zero-order chi connectivity index (χ0) is 12.4. The number of aromatic nitrogens is 1. The SMILES string of the molecule is CC1CN(C(=O)c2ccc(=O)[nH]c2)C(C)CO1. The van der Waals surface area contributed by atoms with Crippen LogP contribution in [-0.4, -0.2) is 41.1 Å². The first kappa shape index (κ1) is 11.9. The Labute approximate surface area is 99.4 Å². The van der Waals surface area contributed by atoms with Gasteiger partial charge in [0, 0.05) is 18.8 Å². The Hall–Kier alpha value is -1.62. The van der Waals surface area contributed by atoms with Crippen LogP contribution in [0.5, 0.6) is 0 Å². The molecule has 1 saturated heterocycles. The van der Waals surface area contributed by atoms with Crippen LogP contribution in [0.25, 0.3) is 0 Å². The van der Waals surface area contributed by atoms with Crippen molar-refractivity contribution in [2.75, 3.05) is 13.2 Å². The molecule has 1 fully saturated rings. The van der Waals surface area contributed by atoms with Gasteiger partial charge in [0.1, 0.15) is 0 Å². The Morgan fingerprint density at radius 3 is 2.88 bits per heavy atom. The summed E-state index contributed by atoms with van der Waals surface area (Å²) in [6, 6.07) is 2.97. The molecule has 0 saturated carbocycles. The van der Waals surface area contributed by atoms with E-state index in [-0.39, 0.29) is 23.6 Å². The van der Waals surface area contributed by atoms with E-state index in [1.165, 1.54) is 12.3 Å². The maximum Gasteiger partial charge on any atom is 0.255 e. The highest BCUT2D eigenvalue weighted by atomic mass is 16.5. The first-order valence-electron chi connectivity index (χ1n) is 5.69. The van der Waals surface area contributed by atoms with Crippen molar-refractivity contribution in [1.29, 1.82) is 0 Å². The highest BCUT2D eigenvalue weighted by Gasteiger charge is 2.28. The molecule has 0 aliphatic carbocycles. The molecule has 92 valence electrons. The molecule has 1 aromatic rings. The summed E-state index contributed by atoms with van der Waals surface area (Å²) in [5, 5.41) is 0. The minimum atomic E-state index is -0.204. The van der Waals surface area contributed by atoms with Gasteiger partial charge >= 0.3 is 0 Å². The second kappa shape index (κ2) is 4.71. The average molecular weight is 236 g/mol. The fourth-order valence-electron chi connectivity index (χ4n) is 1.90. The Bertz CT molecular complexity index is 449. The fraction of sp³-hybridized carbons (Fsp3) is 0.500. The Kier molecular flexibility index (Phi) is 3.28. The zero-order valence-electron chi connectivity index (χ0n) is 9.97. The predicted molar refractivity (Wildman–Crippen MR) is 63.0 cm³/mol. The summed E-state index contributed by atoms with van der Waals surface area (Å²) in [6.45, 7) is 5.03. The van der Waals surface area contributed by atoms with Crippen molar-refractivity contribution in [3.05, 3.63) is 34.2 Å². The van der Waals surface area contributed by atoms with Gasteiger partial charge in [-0.25, -0.2) is 0 Å². The third-order valence-corrected chi connectivity index (χ3v) is 2.90. The lowest BCUT2D eigenvalue weighted by Gasteiger charge is -2.36. The van der Waals surface area contributed by atoms with Gasteiger partial charge in [-0.2, -0.15) is 0 Å². The summed E-state index contributed by atoms with van der Waals surface area (Å²) < 4.78 is 5.47. The van der Waals surface area contributed by atoms with Gasteiger partial charge in [0.15, 0.2) is 0 Å². The molecule has 2 atom stereocenters. The number of nitrogens with one attached hydrogen (secondary N) is 1. The van der Waals surface area contributed by atoms with Crippen molar-refractivity contribution >= 4 is 5.91 Å². The minimum Gasteiger partial charge on any atom is -0.375 e. The summed E-state index contributed by atoms with van der Waals surface area (Å²) in [5.41, 5.74) is 0.301. The summed E-state index contributed by atoms with van der Waals surface area (Å²) >= 11 is 0. The van der Waals surface area contributed by atoms with Crippen molar-refractivity contribution in [2.24, 2.45) is 0 Å². The van der Waals surface area contributed by atoms with Crippen molar-refractivity contribution in [2.45, 2.75) is 26.0 Å². The number of carbonyl (C=O) groups is 1.